The van der Waals surface area contributed by atoms with Gasteiger partial charge in [0.2, 0.25) is 0 Å². The lowest BCUT2D eigenvalue weighted by Crippen LogP contribution is -2.34. The minimum Gasteiger partial charge on any atom is -0.468 e. The molecule has 0 aliphatic heterocycles. The summed E-state index contributed by atoms with van der Waals surface area (Å²) in [6.07, 6.45) is 1.66. The Morgan fingerprint density at radius 2 is 1.96 bits per heavy atom. The minimum absolute atomic E-state index is 0.00161. The van der Waals surface area contributed by atoms with E-state index in [0.29, 0.717) is 6.54 Å². The second kappa shape index (κ2) is 7.68. The van der Waals surface area contributed by atoms with Crippen molar-refractivity contribution in [3.63, 3.8) is 0 Å². The maximum Gasteiger partial charge on any atom is 0.262 e. The fourth-order valence-electron chi connectivity index (χ4n) is 2.73. The summed E-state index contributed by atoms with van der Waals surface area (Å²) >= 11 is 1.47. The molecular weight excluding hydrogens is 332 g/mol. The fraction of sp³-hybridized carbons (Fsp3) is 0.250. The smallest absolute Gasteiger partial charge is 0.262 e. The van der Waals surface area contributed by atoms with Crippen LogP contribution in [-0.2, 0) is 0 Å². The number of furan rings is 1. The lowest BCUT2D eigenvalue weighted by atomic mass is 10.0. The highest BCUT2D eigenvalue weighted by Gasteiger charge is 2.20. The van der Waals surface area contributed by atoms with Gasteiger partial charge in [0, 0.05) is 12.1 Å². The molecule has 2 aromatic heterocycles. The maximum atomic E-state index is 12.7. The monoisotopic (exact) mass is 354 g/mol. The number of hydrogen-bond donors (Lipinski definition) is 1. The standard InChI is InChI=1S/C20H22N2O2S/c1-14-6-8-15(9-7-14)16-10-12-25-19(16)20(23)21-13-17(22(2)3)18-5-4-11-24-18/h4-12,17H,13H2,1-3H3,(H,21,23). The first-order valence-electron chi connectivity index (χ1n) is 8.19. The third kappa shape index (κ3) is 4.00. The molecule has 0 saturated carbocycles. The van der Waals surface area contributed by atoms with Crippen molar-refractivity contribution in [2.45, 2.75) is 13.0 Å². The van der Waals surface area contributed by atoms with Crippen molar-refractivity contribution in [2.24, 2.45) is 0 Å². The molecule has 1 unspecified atom stereocenters. The zero-order valence-corrected chi connectivity index (χ0v) is 15.5. The van der Waals surface area contributed by atoms with Gasteiger partial charge in [-0.3, -0.25) is 9.69 Å². The number of nitrogens with one attached hydrogen (secondary N) is 1. The van der Waals surface area contributed by atoms with Crippen LogP contribution in [0.3, 0.4) is 0 Å². The summed E-state index contributed by atoms with van der Waals surface area (Å²) in [7, 11) is 3.95. The van der Waals surface area contributed by atoms with Crippen LogP contribution in [0.2, 0.25) is 0 Å². The van der Waals surface area contributed by atoms with Crippen molar-refractivity contribution < 1.29 is 9.21 Å². The zero-order chi connectivity index (χ0) is 17.8. The van der Waals surface area contributed by atoms with Crippen LogP contribution in [0.4, 0.5) is 0 Å². The van der Waals surface area contributed by atoms with Gasteiger partial charge in [-0.2, -0.15) is 0 Å². The molecule has 0 aliphatic rings. The Bertz CT molecular complexity index is 820. The quantitative estimate of drug-likeness (QED) is 0.716. The minimum atomic E-state index is -0.0519. The van der Waals surface area contributed by atoms with E-state index in [1.807, 2.05) is 42.6 Å². The summed E-state index contributed by atoms with van der Waals surface area (Å²) < 4.78 is 5.49. The van der Waals surface area contributed by atoms with Gasteiger partial charge in [0.15, 0.2) is 0 Å². The summed E-state index contributed by atoms with van der Waals surface area (Å²) in [5.74, 6) is 0.791. The van der Waals surface area contributed by atoms with Gasteiger partial charge in [0.25, 0.3) is 5.91 Å². The van der Waals surface area contributed by atoms with Gasteiger partial charge in [-0.1, -0.05) is 29.8 Å². The van der Waals surface area contributed by atoms with E-state index < -0.39 is 0 Å². The van der Waals surface area contributed by atoms with Crippen molar-refractivity contribution in [1.82, 2.24) is 10.2 Å². The van der Waals surface area contributed by atoms with E-state index in [2.05, 4.69) is 36.5 Å². The summed E-state index contributed by atoms with van der Waals surface area (Å²) in [4.78, 5) is 15.5. The summed E-state index contributed by atoms with van der Waals surface area (Å²) in [5, 5.41) is 5.00. The second-order valence-corrected chi connectivity index (χ2v) is 7.15. The second-order valence-electron chi connectivity index (χ2n) is 6.23. The lowest BCUT2D eigenvalue weighted by molar-refractivity contribution is 0.0943. The van der Waals surface area contributed by atoms with Gasteiger partial charge in [-0.15, -0.1) is 11.3 Å². The molecule has 1 N–H and O–H groups in total. The number of thiophene rings is 1. The summed E-state index contributed by atoms with van der Waals surface area (Å²) in [6, 6.07) is 14.0. The maximum absolute atomic E-state index is 12.7. The normalized spacial score (nSPS) is 12.3. The van der Waals surface area contributed by atoms with E-state index in [4.69, 9.17) is 4.42 Å². The zero-order valence-electron chi connectivity index (χ0n) is 14.7. The topological polar surface area (TPSA) is 45.5 Å². The van der Waals surface area contributed by atoms with E-state index in [1.165, 1.54) is 16.9 Å². The predicted molar refractivity (Wildman–Crippen MR) is 102 cm³/mol. The van der Waals surface area contributed by atoms with Crippen molar-refractivity contribution in [1.29, 1.82) is 0 Å². The van der Waals surface area contributed by atoms with Gasteiger partial charge in [-0.25, -0.2) is 0 Å². The number of rotatable bonds is 6. The number of carbonyl (C=O) groups is 1. The summed E-state index contributed by atoms with van der Waals surface area (Å²) in [5.41, 5.74) is 3.24. The Hall–Kier alpha value is -2.37. The van der Waals surface area contributed by atoms with E-state index in [9.17, 15) is 4.79 Å². The molecule has 0 saturated heterocycles. The van der Waals surface area contributed by atoms with Gasteiger partial charge >= 0.3 is 0 Å². The Balaban J connectivity index is 1.74. The van der Waals surface area contributed by atoms with E-state index in [1.54, 1.807) is 6.26 Å². The fourth-order valence-corrected chi connectivity index (χ4v) is 3.57. The van der Waals surface area contributed by atoms with E-state index in [-0.39, 0.29) is 11.9 Å². The van der Waals surface area contributed by atoms with Crippen molar-refractivity contribution in [3.8, 4) is 11.1 Å². The predicted octanol–water partition coefficient (Wildman–Crippen LogP) is 4.35. The van der Waals surface area contributed by atoms with Gasteiger partial charge in [0.05, 0.1) is 17.2 Å². The van der Waals surface area contributed by atoms with E-state index in [0.717, 1.165) is 21.8 Å². The number of hydrogen-bond acceptors (Lipinski definition) is 4. The number of amides is 1. The Morgan fingerprint density at radius 3 is 2.60 bits per heavy atom. The lowest BCUT2D eigenvalue weighted by Gasteiger charge is -2.22. The van der Waals surface area contributed by atoms with Crippen molar-refractivity contribution in [2.75, 3.05) is 20.6 Å². The molecule has 0 bridgehead atoms. The average molecular weight is 354 g/mol. The molecule has 0 radical (unpaired) electrons. The van der Waals surface area contributed by atoms with Crippen LogP contribution in [0.1, 0.15) is 27.0 Å². The first kappa shape index (κ1) is 17.5. The molecule has 4 nitrogen and oxygen atoms in total. The molecule has 3 rings (SSSR count). The van der Waals surface area contributed by atoms with Gasteiger partial charge < -0.3 is 9.73 Å². The molecule has 1 atom stereocenters. The van der Waals surface area contributed by atoms with Crippen LogP contribution >= 0.6 is 11.3 Å². The number of benzene rings is 1. The average Bonchev–Trinajstić information content (AvgIpc) is 3.27. The number of likely N-dealkylation sites (N-methyl/N-ethyl adjacent to an activating group) is 1. The third-order valence-electron chi connectivity index (χ3n) is 4.18. The highest BCUT2D eigenvalue weighted by Crippen LogP contribution is 2.28. The van der Waals surface area contributed by atoms with Crippen LogP contribution < -0.4 is 5.32 Å². The largest absolute Gasteiger partial charge is 0.468 e. The van der Waals surface area contributed by atoms with Crippen molar-refractivity contribution >= 4 is 17.2 Å². The van der Waals surface area contributed by atoms with Crippen LogP contribution in [0.5, 0.6) is 0 Å². The van der Waals surface area contributed by atoms with E-state index >= 15 is 0 Å². The molecule has 1 aromatic carbocycles. The molecule has 3 aromatic rings. The molecule has 0 spiro atoms. The molecular formula is C20H22N2O2S. The SMILES string of the molecule is Cc1ccc(-c2ccsc2C(=O)NCC(c2ccco2)N(C)C)cc1. The molecule has 0 fully saturated rings. The molecule has 1 amide bonds. The molecule has 5 heteroatoms. The van der Waals surface area contributed by atoms with Gasteiger partial charge in [0.1, 0.15) is 5.76 Å². The number of carbonyl (C=O) groups excluding carboxylic acids is 1. The van der Waals surface area contributed by atoms with Crippen LogP contribution in [-0.4, -0.2) is 31.4 Å². The Kier molecular flexibility index (Phi) is 5.36. The van der Waals surface area contributed by atoms with Gasteiger partial charge in [-0.05, 0) is 50.2 Å². The molecule has 130 valence electrons. The number of aryl methyl sites for hydroxylation is 1. The number of nitrogens with zero attached hydrogens (tertiary/aromatic N) is 1. The first-order chi connectivity index (χ1) is 12.1. The molecule has 0 aliphatic carbocycles. The summed E-state index contributed by atoms with van der Waals surface area (Å²) in [6.45, 7) is 2.55. The Morgan fingerprint density at radius 1 is 1.20 bits per heavy atom. The van der Waals surface area contributed by atoms with Crippen LogP contribution in [0, 0.1) is 6.92 Å². The third-order valence-corrected chi connectivity index (χ3v) is 5.10. The first-order valence-corrected chi connectivity index (χ1v) is 9.07. The molecule has 25 heavy (non-hydrogen) atoms. The van der Waals surface area contributed by atoms with Crippen LogP contribution in [0.15, 0.2) is 58.5 Å². The highest BCUT2D eigenvalue weighted by atomic mass is 32.1. The Labute approximate surface area is 152 Å². The molecule has 2 heterocycles. The van der Waals surface area contributed by atoms with Crippen molar-refractivity contribution in [3.05, 3.63) is 70.3 Å². The highest BCUT2D eigenvalue weighted by molar-refractivity contribution is 7.12. The van der Waals surface area contributed by atoms with Crippen LogP contribution in [0.25, 0.3) is 11.1 Å².